The van der Waals surface area contributed by atoms with E-state index in [4.69, 9.17) is 0 Å². The highest BCUT2D eigenvalue weighted by Gasteiger charge is 2.37. The van der Waals surface area contributed by atoms with Crippen LogP contribution in [0.3, 0.4) is 0 Å². The van der Waals surface area contributed by atoms with Crippen molar-refractivity contribution in [2.75, 3.05) is 0 Å². The van der Waals surface area contributed by atoms with Gasteiger partial charge in [0.05, 0.1) is 17.4 Å². The summed E-state index contributed by atoms with van der Waals surface area (Å²) in [7, 11) is 1.24. The number of nitrogens with zero attached hydrogens (tertiary/aromatic N) is 5. The van der Waals surface area contributed by atoms with Crippen molar-refractivity contribution in [3.63, 3.8) is 0 Å². The number of aromatic nitrogens is 5. The monoisotopic (exact) mass is 472 g/mol. The van der Waals surface area contributed by atoms with Crippen LogP contribution in [0.1, 0.15) is 57.6 Å². The Kier molecular flexibility index (Phi) is 5.45. The molecule has 1 aliphatic rings. The predicted molar refractivity (Wildman–Crippen MR) is 102 cm³/mol. The van der Waals surface area contributed by atoms with Gasteiger partial charge in [-0.2, -0.15) is 36.5 Å². The minimum absolute atomic E-state index is 0.0972. The summed E-state index contributed by atoms with van der Waals surface area (Å²) in [6, 6.07) is 1.51. The van der Waals surface area contributed by atoms with Gasteiger partial charge in [0, 0.05) is 36.6 Å². The van der Waals surface area contributed by atoms with E-state index < -0.39 is 35.7 Å². The molecule has 33 heavy (non-hydrogen) atoms. The molecule has 0 spiro atoms. The van der Waals surface area contributed by atoms with Gasteiger partial charge >= 0.3 is 12.4 Å². The number of hydrogen-bond acceptors (Lipinski definition) is 4. The van der Waals surface area contributed by atoms with E-state index in [0.29, 0.717) is 36.6 Å². The van der Waals surface area contributed by atoms with E-state index >= 15 is 0 Å². The first-order valence-electron chi connectivity index (χ1n) is 9.90. The first-order valence-corrected chi connectivity index (χ1v) is 9.90. The second kappa shape index (κ2) is 7.89. The average Bonchev–Trinajstić information content (AvgIpc) is 3.31. The van der Waals surface area contributed by atoms with Crippen LogP contribution < -0.4 is 5.32 Å². The SMILES string of the molecule is Cc1c(-n2cc3c(n2)CCCC3NC(=O)c2cc(C(F)(F)F)nn2C)ccnc1C(F)(F)F. The molecule has 1 N–H and O–H groups in total. The van der Waals surface area contributed by atoms with Crippen LogP contribution in [0.5, 0.6) is 0 Å². The molecule has 1 atom stereocenters. The van der Waals surface area contributed by atoms with Crippen LogP contribution >= 0.6 is 0 Å². The molecule has 0 radical (unpaired) electrons. The van der Waals surface area contributed by atoms with Crippen molar-refractivity contribution in [1.82, 2.24) is 29.9 Å². The first-order chi connectivity index (χ1) is 15.4. The minimum atomic E-state index is -4.69. The number of halogens is 6. The van der Waals surface area contributed by atoms with Crippen molar-refractivity contribution in [2.45, 2.75) is 44.6 Å². The van der Waals surface area contributed by atoms with E-state index in [9.17, 15) is 31.1 Å². The molecule has 13 heteroatoms. The van der Waals surface area contributed by atoms with Gasteiger partial charge in [0.2, 0.25) is 0 Å². The lowest BCUT2D eigenvalue weighted by atomic mass is 9.93. The molecule has 3 heterocycles. The standard InChI is InChI=1S/C20H18F6N6O/c1-10-14(6-7-27-17(10)20(24,25)26)32-9-11-12(4-3-5-13(11)29-32)28-18(33)15-8-16(19(21,22)23)30-31(15)2/h6-9,12H,3-5H2,1-2H3,(H,28,33). The normalized spacial score (nSPS) is 16.5. The highest BCUT2D eigenvalue weighted by Crippen LogP contribution is 2.34. The van der Waals surface area contributed by atoms with Crippen molar-refractivity contribution in [1.29, 1.82) is 0 Å². The molecule has 0 aromatic carbocycles. The quantitative estimate of drug-likeness (QED) is 0.581. The van der Waals surface area contributed by atoms with E-state index in [1.54, 1.807) is 0 Å². The summed E-state index contributed by atoms with van der Waals surface area (Å²) in [5.41, 5.74) is -1.18. The highest BCUT2D eigenvalue weighted by molar-refractivity contribution is 5.93. The van der Waals surface area contributed by atoms with Crippen LogP contribution in [0.2, 0.25) is 0 Å². The van der Waals surface area contributed by atoms with E-state index in [-0.39, 0.29) is 16.9 Å². The maximum Gasteiger partial charge on any atom is 0.435 e. The first kappa shape index (κ1) is 22.8. The number of rotatable bonds is 3. The van der Waals surface area contributed by atoms with Gasteiger partial charge in [-0.05, 0) is 32.3 Å². The fourth-order valence-electron chi connectivity index (χ4n) is 3.92. The molecular weight excluding hydrogens is 454 g/mol. The van der Waals surface area contributed by atoms with E-state index in [1.165, 1.54) is 30.9 Å². The van der Waals surface area contributed by atoms with E-state index in [2.05, 4.69) is 20.5 Å². The van der Waals surface area contributed by atoms with Gasteiger partial charge < -0.3 is 5.32 Å². The number of pyridine rings is 1. The molecule has 0 fully saturated rings. The third kappa shape index (κ3) is 4.31. The number of carbonyl (C=O) groups is 1. The van der Waals surface area contributed by atoms with Crippen LogP contribution in [0, 0.1) is 6.92 Å². The summed E-state index contributed by atoms with van der Waals surface area (Å²) in [5.74, 6) is -0.745. The largest absolute Gasteiger partial charge is 0.435 e. The van der Waals surface area contributed by atoms with Crippen molar-refractivity contribution in [3.05, 3.63) is 58.4 Å². The molecule has 1 unspecified atom stereocenters. The molecule has 3 aromatic rings. The molecule has 1 amide bonds. The lowest BCUT2D eigenvalue weighted by Crippen LogP contribution is -2.31. The van der Waals surface area contributed by atoms with Gasteiger partial charge in [-0.1, -0.05) is 0 Å². The summed E-state index contributed by atoms with van der Waals surface area (Å²) in [6.07, 6.45) is -5.05. The van der Waals surface area contributed by atoms with Gasteiger partial charge in [0.15, 0.2) is 5.69 Å². The summed E-state index contributed by atoms with van der Waals surface area (Å²) >= 11 is 0. The van der Waals surface area contributed by atoms with Gasteiger partial charge in [0.25, 0.3) is 5.91 Å². The minimum Gasteiger partial charge on any atom is -0.344 e. The Morgan fingerprint density at radius 2 is 1.88 bits per heavy atom. The fraction of sp³-hybridized carbons (Fsp3) is 0.400. The van der Waals surface area contributed by atoms with E-state index in [1.807, 2.05) is 0 Å². The van der Waals surface area contributed by atoms with Gasteiger partial charge in [-0.3, -0.25) is 14.5 Å². The molecule has 1 aliphatic carbocycles. The zero-order chi connectivity index (χ0) is 24.1. The molecule has 0 bridgehead atoms. The zero-order valence-electron chi connectivity index (χ0n) is 17.4. The Bertz CT molecular complexity index is 1210. The highest BCUT2D eigenvalue weighted by atomic mass is 19.4. The summed E-state index contributed by atoms with van der Waals surface area (Å²) in [6.45, 7) is 1.30. The Morgan fingerprint density at radius 3 is 2.52 bits per heavy atom. The molecule has 0 saturated carbocycles. The Morgan fingerprint density at radius 1 is 1.15 bits per heavy atom. The summed E-state index contributed by atoms with van der Waals surface area (Å²) in [4.78, 5) is 16.1. The second-order valence-electron chi connectivity index (χ2n) is 7.73. The number of carbonyl (C=O) groups excluding carboxylic acids is 1. The predicted octanol–water partition coefficient (Wildman–Crippen LogP) is 4.15. The number of nitrogens with one attached hydrogen (secondary N) is 1. The molecule has 7 nitrogen and oxygen atoms in total. The Hall–Kier alpha value is -3.38. The van der Waals surface area contributed by atoms with Gasteiger partial charge in [0.1, 0.15) is 11.4 Å². The maximum absolute atomic E-state index is 13.2. The van der Waals surface area contributed by atoms with Crippen LogP contribution in [0.15, 0.2) is 24.5 Å². The van der Waals surface area contributed by atoms with Crippen LogP contribution in [-0.2, 0) is 25.8 Å². The molecule has 3 aromatic heterocycles. The average molecular weight is 472 g/mol. The second-order valence-corrected chi connectivity index (χ2v) is 7.73. The Balaban J connectivity index is 1.63. The Labute approximate surface area is 183 Å². The van der Waals surface area contributed by atoms with Crippen LogP contribution in [0.25, 0.3) is 5.69 Å². The summed E-state index contributed by atoms with van der Waals surface area (Å²) in [5, 5.41) is 10.4. The lowest BCUT2D eigenvalue weighted by Gasteiger charge is -2.22. The maximum atomic E-state index is 13.2. The number of fused-ring (bicyclic) bond motifs is 1. The number of aryl methyl sites for hydroxylation is 2. The smallest absolute Gasteiger partial charge is 0.344 e. The van der Waals surface area contributed by atoms with Crippen molar-refractivity contribution in [2.24, 2.45) is 7.05 Å². The summed E-state index contributed by atoms with van der Waals surface area (Å²) < 4.78 is 80.6. The van der Waals surface area contributed by atoms with Crippen molar-refractivity contribution < 1.29 is 31.1 Å². The van der Waals surface area contributed by atoms with Crippen molar-refractivity contribution in [3.8, 4) is 5.69 Å². The number of alkyl halides is 6. The molecule has 176 valence electrons. The van der Waals surface area contributed by atoms with E-state index in [0.717, 1.165) is 10.9 Å². The zero-order valence-corrected chi connectivity index (χ0v) is 17.4. The third-order valence-electron chi connectivity index (χ3n) is 5.50. The lowest BCUT2D eigenvalue weighted by molar-refractivity contribution is -0.142. The van der Waals surface area contributed by atoms with Crippen molar-refractivity contribution >= 4 is 5.91 Å². The van der Waals surface area contributed by atoms with Crippen LogP contribution in [0.4, 0.5) is 26.3 Å². The number of hydrogen-bond donors (Lipinski definition) is 1. The molecule has 0 aliphatic heterocycles. The fourth-order valence-corrected chi connectivity index (χ4v) is 3.92. The van der Waals surface area contributed by atoms with Gasteiger partial charge in [-0.25, -0.2) is 4.68 Å². The number of amides is 1. The van der Waals surface area contributed by atoms with Gasteiger partial charge in [-0.15, -0.1) is 0 Å². The molecule has 4 rings (SSSR count). The third-order valence-corrected chi connectivity index (χ3v) is 5.50. The van der Waals surface area contributed by atoms with Crippen LogP contribution in [-0.4, -0.2) is 30.5 Å². The molecule has 0 saturated heterocycles. The topological polar surface area (TPSA) is 77.6 Å². The molecular formula is C20H18F6N6O.